The second kappa shape index (κ2) is 9.22. The highest BCUT2D eigenvalue weighted by Gasteiger charge is 2.18. The van der Waals surface area contributed by atoms with Gasteiger partial charge >= 0.3 is 0 Å². The number of nitrogens with one attached hydrogen (secondary N) is 1. The summed E-state index contributed by atoms with van der Waals surface area (Å²) in [6.07, 6.45) is 5.27. The van der Waals surface area contributed by atoms with Crippen molar-refractivity contribution in [3.05, 3.63) is 76.1 Å². The molecule has 1 aliphatic rings. The van der Waals surface area contributed by atoms with Gasteiger partial charge in [-0.2, -0.15) is 10.2 Å². The molecule has 2 heterocycles. The molecule has 0 unspecified atom stereocenters. The molecule has 0 saturated heterocycles. The molecule has 0 aliphatic carbocycles. The summed E-state index contributed by atoms with van der Waals surface area (Å²) in [6, 6.07) is 14.4. The van der Waals surface area contributed by atoms with E-state index in [9.17, 15) is 4.79 Å². The van der Waals surface area contributed by atoms with Crippen LogP contribution in [0.2, 0.25) is 5.02 Å². The van der Waals surface area contributed by atoms with E-state index < -0.39 is 5.91 Å². The van der Waals surface area contributed by atoms with E-state index in [-0.39, 0.29) is 10.7 Å². The summed E-state index contributed by atoms with van der Waals surface area (Å²) in [5.74, 6) is 0.408. The molecule has 0 atom stereocenters. The van der Waals surface area contributed by atoms with Crippen molar-refractivity contribution in [1.82, 2.24) is 15.2 Å². The van der Waals surface area contributed by atoms with E-state index in [0.29, 0.717) is 0 Å². The number of para-hydroxylation sites is 1. The quantitative estimate of drug-likeness (QED) is 0.470. The molecule has 160 valence electrons. The molecule has 31 heavy (non-hydrogen) atoms. The number of halogens is 1. The Bertz CT molecular complexity index is 1110. The first-order valence-electron chi connectivity index (χ1n) is 10.1. The number of fused-ring (bicyclic) bond motifs is 1. The van der Waals surface area contributed by atoms with Crippen molar-refractivity contribution in [3.63, 3.8) is 0 Å². The van der Waals surface area contributed by atoms with Gasteiger partial charge in [0.25, 0.3) is 5.91 Å². The summed E-state index contributed by atoms with van der Waals surface area (Å²) < 4.78 is 6.99. The standard InChI is InChI=1S/C23H24ClN5O2/c1-28-22(19(24)14-26-28)23(30)27-25-13-16-9-10-21(31-2)18(12-16)15-29-11-5-7-17-6-3-4-8-20(17)29/h3-4,6,8-10,12-14H,5,7,11,15H2,1-2H3,(H,27,30)/b25-13-. The lowest BCUT2D eigenvalue weighted by atomic mass is 10.0. The van der Waals surface area contributed by atoms with Crippen molar-refractivity contribution < 1.29 is 9.53 Å². The highest BCUT2D eigenvalue weighted by atomic mass is 35.5. The Morgan fingerprint density at radius 2 is 2.16 bits per heavy atom. The summed E-state index contributed by atoms with van der Waals surface area (Å²) in [5, 5.41) is 8.32. The fourth-order valence-electron chi connectivity index (χ4n) is 3.87. The van der Waals surface area contributed by atoms with Crippen LogP contribution >= 0.6 is 11.6 Å². The average Bonchev–Trinajstić information content (AvgIpc) is 3.12. The van der Waals surface area contributed by atoms with Crippen LogP contribution in [-0.4, -0.2) is 35.6 Å². The van der Waals surface area contributed by atoms with Crippen LogP contribution in [0.3, 0.4) is 0 Å². The summed E-state index contributed by atoms with van der Waals surface area (Å²) in [5.41, 5.74) is 7.33. The molecule has 0 fully saturated rings. The molecule has 8 heteroatoms. The molecule has 0 spiro atoms. The molecule has 1 aromatic heterocycles. The van der Waals surface area contributed by atoms with E-state index >= 15 is 0 Å². The Balaban J connectivity index is 1.50. The minimum Gasteiger partial charge on any atom is -0.496 e. The second-order valence-electron chi connectivity index (χ2n) is 7.39. The number of amides is 1. The molecule has 0 saturated carbocycles. The van der Waals surface area contributed by atoms with Crippen molar-refractivity contribution in [1.29, 1.82) is 0 Å². The fraction of sp³-hybridized carbons (Fsp3) is 0.261. The number of hydrazone groups is 1. The van der Waals surface area contributed by atoms with E-state index in [2.05, 4.69) is 44.8 Å². The average molecular weight is 438 g/mol. The van der Waals surface area contributed by atoms with Gasteiger partial charge in [-0.25, -0.2) is 5.43 Å². The van der Waals surface area contributed by atoms with Gasteiger partial charge < -0.3 is 9.64 Å². The van der Waals surface area contributed by atoms with Crippen molar-refractivity contribution in [2.45, 2.75) is 19.4 Å². The number of ether oxygens (including phenoxy) is 1. The third-order valence-corrected chi connectivity index (χ3v) is 5.64. The molecule has 0 radical (unpaired) electrons. The molecule has 4 rings (SSSR count). The van der Waals surface area contributed by atoms with Crippen LogP contribution in [0.4, 0.5) is 5.69 Å². The summed E-state index contributed by atoms with van der Waals surface area (Å²) in [7, 11) is 3.33. The highest BCUT2D eigenvalue weighted by molar-refractivity contribution is 6.33. The van der Waals surface area contributed by atoms with Gasteiger partial charge in [-0.3, -0.25) is 9.48 Å². The number of hydrogen-bond donors (Lipinski definition) is 1. The Labute approximate surface area is 186 Å². The Kier molecular flexibility index (Phi) is 6.23. The maximum atomic E-state index is 12.3. The molecule has 1 N–H and O–H groups in total. The second-order valence-corrected chi connectivity index (χ2v) is 7.80. The number of benzene rings is 2. The first kappa shape index (κ1) is 20.9. The topological polar surface area (TPSA) is 71.7 Å². The number of carbonyl (C=O) groups is 1. The Hall–Kier alpha value is -3.32. The Morgan fingerprint density at radius 3 is 2.94 bits per heavy atom. The van der Waals surface area contributed by atoms with Crippen LogP contribution in [-0.2, 0) is 20.0 Å². The third-order valence-electron chi connectivity index (χ3n) is 5.36. The normalized spacial score (nSPS) is 13.3. The predicted molar refractivity (Wildman–Crippen MR) is 122 cm³/mol. The van der Waals surface area contributed by atoms with Crippen molar-refractivity contribution in [2.24, 2.45) is 12.1 Å². The van der Waals surface area contributed by atoms with Crippen LogP contribution in [0.15, 0.2) is 53.8 Å². The van der Waals surface area contributed by atoms with Gasteiger partial charge in [0.1, 0.15) is 11.4 Å². The van der Waals surface area contributed by atoms with E-state index in [0.717, 1.165) is 42.8 Å². The molecule has 7 nitrogen and oxygen atoms in total. The van der Waals surface area contributed by atoms with Gasteiger partial charge in [0.05, 0.1) is 24.5 Å². The van der Waals surface area contributed by atoms with Crippen molar-refractivity contribution >= 4 is 29.4 Å². The van der Waals surface area contributed by atoms with Crippen LogP contribution < -0.4 is 15.1 Å². The van der Waals surface area contributed by atoms with E-state index in [1.165, 1.54) is 22.1 Å². The molecule has 3 aromatic rings. The SMILES string of the molecule is COc1ccc(/C=N\NC(=O)c2c(Cl)cnn2C)cc1CN1CCCc2ccccc21. The van der Waals surface area contributed by atoms with E-state index in [1.807, 2.05) is 18.2 Å². The molecule has 1 aliphatic heterocycles. The maximum Gasteiger partial charge on any atom is 0.291 e. The van der Waals surface area contributed by atoms with Gasteiger partial charge in [0.2, 0.25) is 0 Å². The highest BCUT2D eigenvalue weighted by Crippen LogP contribution is 2.30. The maximum absolute atomic E-state index is 12.3. The zero-order chi connectivity index (χ0) is 21.8. The Morgan fingerprint density at radius 1 is 1.32 bits per heavy atom. The monoisotopic (exact) mass is 437 g/mol. The lowest BCUT2D eigenvalue weighted by Crippen LogP contribution is -2.29. The minimum absolute atomic E-state index is 0.262. The molecular formula is C23H24ClN5O2. The molecule has 1 amide bonds. The lowest BCUT2D eigenvalue weighted by molar-refractivity contribution is 0.0946. The number of hydrogen-bond acceptors (Lipinski definition) is 5. The van der Waals surface area contributed by atoms with Crippen LogP contribution in [0.1, 0.15) is 33.6 Å². The van der Waals surface area contributed by atoms with Gasteiger partial charge in [-0.1, -0.05) is 29.8 Å². The largest absolute Gasteiger partial charge is 0.496 e. The van der Waals surface area contributed by atoms with Gasteiger partial charge in [0, 0.05) is 31.4 Å². The number of methoxy groups -OCH3 is 1. The number of anilines is 1. The summed E-state index contributed by atoms with van der Waals surface area (Å²) >= 11 is 6.00. The molecular weight excluding hydrogens is 414 g/mol. The molecule has 2 aromatic carbocycles. The zero-order valence-corrected chi connectivity index (χ0v) is 18.3. The number of aromatic nitrogens is 2. The predicted octanol–water partition coefficient (Wildman–Crippen LogP) is 3.80. The van der Waals surface area contributed by atoms with Crippen LogP contribution in [0.25, 0.3) is 0 Å². The lowest BCUT2D eigenvalue weighted by Gasteiger charge is -2.31. The first-order valence-corrected chi connectivity index (χ1v) is 10.5. The first-order chi connectivity index (χ1) is 15.1. The van der Waals surface area contributed by atoms with E-state index in [4.69, 9.17) is 16.3 Å². The fourth-order valence-corrected chi connectivity index (χ4v) is 4.12. The van der Waals surface area contributed by atoms with Gasteiger partial charge in [0.15, 0.2) is 0 Å². The van der Waals surface area contributed by atoms with Crippen LogP contribution in [0, 0.1) is 0 Å². The number of carbonyl (C=O) groups excluding carboxylic acids is 1. The summed E-state index contributed by atoms with van der Waals surface area (Å²) in [6.45, 7) is 1.73. The number of nitrogens with zero attached hydrogens (tertiary/aromatic N) is 4. The van der Waals surface area contributed by atoms with E-state index in [1.54, 1.807) is 20.4 Å². The van der Waals surface area contributed by atoms with Crippen molar-refractivity contribution in [2.75, 3.05) is 18.6 Å². The van der Waals surface area contributed by atoms with Gasteiger partial charge in [-0.05, 0) is 48.2 Å². The zero-order valence-electron chi connectivity index (χ0n) is 17.5. The molecule has 0 bridgehead atoms. The smallest absolute Gasteiger partial charge is 0.291 e. The van der Waals surface area contributed by atoms with Gasteiger partial charge in [-0.15, -0.1) is 0 Å². The number of aryl methyl sites for hydroxylation is 2. The van der Waals surface area contributed by atoms with Crippen molar-refractivity contribution in [3.8, 4) is 5.75 Å². The minimum atomic E-state index is -0.417. The van der Waals surface area contributed by atoms with Crippen LogP contribution in [0.5, 0.6) is 5.75 Å². The number of rotatable bonds is 6. The third kappa shape index (κ3) is 4.56. The summed E-state index contributed by atoms with van der Waals surface area (Å²) in [4.78, 5) is 14.7.